The zero-order valence-corrected chi connectivity index (χ0v) is 8.02. The van der Waals surface area contributed by atoms with Crippen LogP contribution in [-0.4, -0.2) is 19.1 Å². The highest BCUT2D eigenvalue weighted by Gasteiger charge is 2.05. The lowest BCUT2D eigenvalue weighted by Gasteiger charge is -2.03. The minimum Gasteiger partial charge on any atom is -0.411 e. The molecule has 0 aliphatic carbocycles. The van der Waals surface area contributed by atoms with Crippen molar-refractivity contribution in [1.29, 1.82) is 0 Å². The highest BCUT2D eigenvalue weighted by Crippen LogP contribution is 2.11. The zero-order chi connectivity index (χ0) is 11.3. The number of rotatable bonds is 3. The van der Waals surface area contributed by atoms with Gasteiger partial charge in [-0.1, -0.05) is 0 Å². The third-order valence-corrected chi connectivity index (χ3v) is 1.53. The Hall–Kier alpha value is -2.08. The maximum absolute atomic E-state index is 11.2. The van der Waals surface area contributed by atoms with E-state index in [-0.39, 0.29) is 11.7 Å². The third-order valence-electron chi connectivity index (χ3n) is 1.53. The van der Waals surface area contributed by atoms with Crippen molar-refractivity contribution in [3.8, 4) is 5.75 Å². The van der Waals surface area contributed by atoms with Gasteiger partial charge in [0.15, 0.2) is 0 Å². The second kappa shape index (κ2) is 4.97. The molecule has 0 aromatic heterocycles. The van der Waals surface area contributed by atoms with Crippen molar-refractivity contribution in [2.24, 2.45) is 5.73 Å². The molecular formula is C9H10N2O4. The SMILES string of the molecule is CONC(=O)c1ccc(OC(N)=O)cc1. The number of nitrogens with one attached hydrogen (secondary N) is 1. The van der Waals surface area contributed by atoms with Crippen molar-refractivity contribution in [2.45, 2.75) is 0 Å². The van der Waals surface area contributed by atoms with E-state index in [1.165, 1.54) is 31.4 Å². The first-order valence-corrected chi connectivity index (χ1v) is 4.04. The topological polar surface area (TPSA) is 90.7 Å². The average molecular weight is 210 g/mol. The van der Waals surface area contributed by atoms with Crippen LogP contribution in [0.3, 0.4) is 0 Å². The van der Waals surface area contributed by atoms with E-state index in [9.17, 15) is 9.59 Å². The van der Waals surface area contributed by atoms with Gasteiger partial charge in [-0.05, 0) is 24.3 Å². The van der Waals surface area contributed by atoms with Crippen LogP contribution in [0.25, 0.3) is 0 Å². The van der Waals surface area contributed by atoms with Crippen molar-refractivity contribution in [3.05, 3.63) is 29.8 Å². The van der Waals surface area contributed by atoms with Crippen LogP contribution in [0.4, 0.5) is 4.79 Å². The predicted molar refractivity (Wildman–Crippen MR) is 51.1 cm³/mol. The van der Waals surface area contributed by atoms with Gasteiger partial charge < -0.3 is 10.5 Å². The van der Waals surface area contributed by atoms with Crippen LogP contribution in [0.15, 0.2) is 24.3 Å². The van der Waals surface area contributed by atoms with Crippen LogP contribution in [0.5, 0.6) is 5.75 Å². The van der Waals surface area contributed by atoms with Crippen LogP contribution in [0.2, 0.25) is 0 Å². The van der Waals surface area contributed by atoms with E-state index in [1.807, 2.05) is 0 Å². The second-order valence-electron chi connectivity index (χ2n) is 2.58. The molecule has 0 aliphatic heterocycles. The van der Waals surface area contributed by atoms with Gasteiger partial charge in [-0.15, -0.1) is 0 Å². The standard InChI is InChI=1S/C9H10N2O4/c1-14-11-8(12)6-2-4-7(5-3-6)15-9(10)13/h2-5H,1H3,(H2,10,13)(H,11,12). The maximum Gasteiger partial charge on any atom is 0.409 e. The van der Waals surface area contributed by atoms with Crippen molar-refractivity contribution in [3.63, 3.8) is 0 Å². The molecule has 0 aliphatic rings. The lowest BCUT2D eigenvalue weighted by atomic mass is 10.2. The van der Waals surface area contributed by atoms with E-state index < -0.39 is 6.09 Å². The summed E-state index contributed by atoms with van der Waals surface area (Å²) >= 11 is 0. The van der Waals surface area contributed by atoms with E-state index in [0.717, 1.165) is 0 Å². The van der Waals surface area contributed by atoms with Gasteiger partial charge in [-0.25, -0.2) is 10.3 Å². The lowest BCUT2D eigenvalue weighted by molar-refractivity contribution is 0.0537. The van der Waals surface area contributed by atoms with E-state index in [4.69, 9.17) is 5.73 Å². The predicted octanol–water partition coefficient (Wildman–Crippen LogP) is 0.435. The van der Waals surface area contributed by atoms with Gasteiger partial charge in [0.1, 0.15) is 5.75 Å². The van der Waals surface area contributed by atoms with Crippen molar-refractivity contribution in [1.82, 2.24) is 5.48 Å². The number of nitrogens with two attached hydrogens (primary N) is 1. The smallest absolute Gasteiger partial charge is 0.409 e. The lowest BCUT2D eigenvalue weighted by Crippen LogP contribution is -2.21. The molecule has 1 rings (SSSR count). The summed E-state index contributed by atoms with van der Waals surface area (Å²) in [5, 5.41) is 0. The summed E-state index contributed by atoms with van der Waals surface area (Å²) in [6, 6.07) is 5.86. The molecule has 1 aromatic rings. The number of hydrogen-bond acceptors (Lipinski definition) is 4. The molecule has 15 heavy (non-hydrogen) atoms. The van der Waals surface area contributed by atoms with Gasteiger partial charge in [-0.2, -0.15) is 0 Å². The number of primary amides is 1. The summed E-state index contributed by atoms with van der Waals surface area (Å²) in [5.74, 6) is -0.111. The molecule has 1 aromatic carbocycles. The fourth-order valence-corrected chi connectivity index (χ4v) is 0.942. The number of amides is 2. The Morgan fingerprint density at radius 3 is 2.33 bits per heavy atom. The Kier molecular flexibility index (Phi) is 3.64. The van der Waals surface area contributed by atoms with E-state index in [0.29, 0.717) is 5.56 Å². The molecule has 6 heteroatoms. The molecule has 6 nitrogen and oxygen atoms in total. The number of hydrogen-bond donors (Lipinski definition) is 2. The van der Waals surface area contributed by atoms with Gasteiger partial charge in [0, 0.05) is 5.56 Å². The molecule has 0 fully saturated rings. The van der Waals surface area contributed by atoms with Gasteiger partial charge in [0.25, 0.3) is 5.91 Å². The molecule has 0 saturated carbocycles. The summed E-state index contributed by atoms with van der Waals surface area (Å²) in [6.45, 7) is 0. The number of carbonyl (C=O) groups excluding carboxylic acids is 2. The van der Waals surface area contributed by atoms with Gasteiger partial charge in [0.2, 0.25) is 0 Å². The van der Waals surface area contributed by atoms with Crippen molar-refractivity contribution >= 4 is 12.0 Å². The van der Waals surface area contributed by atoms with Crippen LogP contribution >= 0.6 is 0 Å². The second-order valence-corrected chi connectivity index (χ2v) is 2.58. The molecule has 0 bridgehead atoms. The minimum atomic E-state index is -0.899. The first kappa shape index (κ1) is 11.0. The first-order chi connectivity index (χ1) is 7.13. The van der Waals surface area contributed by atoms with Crippen LogP contribution in [0.1, 0.15) is 10.4 Å². The molecule has 0 heterocycles. The summed E-state index contributed by atoms with van der Waals surface area (Å²) < 4.78 is 4.58. The third kappa shape index (κ3) is 3.28. The van der Waals surface area contributed by atoms with E-state index in [2.05, 4.69) is 15.1 Å². The van der Waals surface area contributed by atoms with Crippen LogP contribution in [0, 0.1) is 0 Å². The summed E-state index contributed by atoms with van der Waals surface area (Å²) in [4.78, 5) is 26.0. The number of benzene rings is 1. The molecule has 0 spiro atoms. The molecule has 0 unspecified atom stereocenters. The van der Waals surface area contributed by atoms with Crippen LogP contribution < -0.4 is 16.0 Å². The molecule has 80 valence electrons. The highest BCUT2D eigenvalue weighted by molar-refractivity contribution is 5.93. The number of hydroxylamine groups is 1. The summed E-state index contributed by atoms with van der Waals surface area (Å²) in [6.07, 6.45) is -0.899. The fraction of sp³-hybridized carbons (Fsp3) is 0.111. The van der Waals surface area contributed by atoms with Gasteiger partial charge in [-0.3, -0.25) is 9.63 Å². The molecular weight excluding hydrogens is 200 g/mol. The average Bonchev–Trinajstić information content (AvgIpc) is 2.18. The Morgan fingerprint density at radius 1 is 1.27 bits per heavy atom. The Labute approximate surface area is 85.9 Å². The van der Waals surface area contributed by atoms with Crippen molar-refractivity contribution in [2.75, 3.05) is 7.11 Å². The Morgan fingerprint density at radius 2 is 1.87 bits per heavy atom. The number of ether oxygens (including phenoxy) is 1. The molecule has 3 N–H and O–H groups in total. The van der Waals surface area contributed by atoms with Gasteiger partial charge >= 0.3 is 6.09 Å². The minimum absolute atomic E-state index is 0.275. The Balaban J connectivity index is 2.71. The number of carbonyl (C=O) groups is 2. The molecule has 2 amide bonds. The zero-order valence-electron chi connectivity index (χ0n) is 8.02. The molecule has 0 saturated heterocycles. The fourth-order valence-electron chi connectivity index (χ4n) is 0.942. The molecule has 0 atom stereocenters. The van der Waals surface area contributed by atoms with E-state index in [1.54, 1.807) is 0 Å². The summed E-state index contributed by atoms with van der Waals surface area (Å²) in [5.41, 5.74) is 7.34. The monoisotopic (exact) mass is 210 g/mol. The van der Waals surface area contributed by atoms with Crippen molar-refractivity contribution < 1.29 is 19.2 Å². The normalized spacial score (nSPS) is 9.40. The Bertz CT molecular complexity index is 361. The quantitative estimate of drug-likeness (QED) is 0.708. The van der Waals surface area contributed by atoms with E-state index >= 15 is 0 Å². The van der Waals surface area contributed by atoms with Gasteiger partial charge in [0.05, 0.1) is 7.11 Å². The first-order valence-electron chi connectivity index (χ1n) is 4.04. The summed E-state index contributed by atoms with van der Waals surface area (Å²) in [7, 11) is 1.34. The highest BCUT2D eigenvalue weighted by atomic mass is 16.6. The molecule has 0 radical (unpaired) electrons. The maximum atomic E-state index is 11.2. The largest absolute Gasteiger partial charge is 0.411 e. The van der Waals surface area contributed by atoms with Crippen LogP contribution in [-0.2, 0) is 4.84 Å².